The van der Waals surface area contributed by atoms with Crippen LogP contribution in [0.2, 0.25) is 0 Å². The number of hydrogen-bond acceptors (Lipinski definition) is 4. The highest BCUT2D eigenvalue weighted by atomic mass is 32.2. The van der Waals surface area contributed by atoms with E-state index >= 15 is 0 Å². The zero-order valence-corrected chi connectivity index (χ0v) is 14.2. The average molecular weight is 382 g/mol. The van der Waals surface area contributed by atoms with Crippen LogP contribution in [0.4, 0.5) is 18.9 Å². The van der Waals surface area contributed by atoms with E-state index < -0.39 is 17.0 Å². The van der Waals surface area contributed by atoms with Crippen molar-refractivity contribution in [3.05, 3.63) is 52.6 Å². The number of rotatable bonds is 4. The Bertz CT molecular complexity index is 995. The summed E-state index contributed by atoms with van der Waals surface area (Å²) in [4.78, 5) is 32.4. The molecule has 0 bridgehead atoms. The third kappa shape index (κ3) is 4.07. The molecule has 0 aliphatic rings. The zero-order valence-electron chi connectivity index (χ0n) is 13.3. The normalized spacial score (nSPS) is 12.9. The predicted octanol–water partition coefficient (Wildman–Crippen LogP) is 3.39. The Balaban J connectivity index is 1.66. The van der Waals surface area contributed by atoms with E-state index in [-0.39, 0.29) is 11.6 Å². The summed E-state index contributed by atoms with van der Waals surface area (Å²) >= 11 is 1.04. The number of pyridine rings is 1. The van der Waals surface area contributed by atoms with E-state index in [1.165, 1.54) is 6.07 Å². The molecule has 3 N–H and O–H groups in total. The number of H-pyrrole nitrogens is 2. The molecule has 1 atom stereocenters. The van der Waals surface area contributed by atoms with Crippen LogP contribution in [-0.2, 0) is 11.0 Å². The predicted molar refractivity (Wildman–Crippen MR) is 92.1 cm³/mol. The molecule has 1 amide bonds. The maximum atomic E-state index is 12.5. The van der Waals surface area contributed by atoms with Crippen LogP contribution in [0.5, 0.6) is 0 Å². The molecule has 2 heterocycles. The summed E-state index contributed by atoms with van der Waals surface area (Å²) in [5.74, 6) is -0.339. The minimum Gasteiger partial charge on any atom is -0.325 e. The van der Waals surface area contributed by atoms with Crippen LogP contribution in [0.3, 0.4) is 0 Å². The smallest absolute Gasteiger partial charge is 0.325 e. The van der Waals surface area contributed by atoms with Gasteiger partial charge >= 0.3 is 11.9 Å². The SMILES string of the molecule is CC(Sc1ccc(C(F)(F)F)cn1)C(=O)Nc1ccc2[nH]c(=O)[nH]c2c1. The van der Waals surface area contributed by atoms with Gasteiger partial charge in [-0.1, -0.05) is 11.8 Å². The number of carbonyl (C=O) groups excluding carboxylic acids is 1. The Morgan fingerprint density at radius 1 is 1.19 bits per heavy atom. The van der Waals surface area contributed by atoms with Gasteiger partial charge in [-0.3, -0.25) is 4.79 Å². The maximum Gasteiger partial charge on any atom is 0.417 e. The van der Waals surface area contributed by atoms with Gasteiger partial charge in [-0.05, 0) is 37.3 Å². The number of alkyl halides is 3. The van der Waals surface area contributed by atoms with E-state index in [2.05, 4.69) is 20.3 Å². The van der Waals surface area contributed by atoms with Gasteiger partial charge < -0.3 is 15.3 Å². The maximum absolute atomic E-state index is 12.5. The van der Waals surface area contributed by atoms with E-state index in [9.17, 15) is 22.8 Å². The van der Waals surface area contributed by atoms with Crippen LogP contribution >= 0.6 is 11.8 Å². The van der Waals surface area contributed by atoms with Gasteiger partial charge in [0.2, 0.25) is 5.91 Å². The highest BCUT2D eigenvalue weighted by Crippen LogP contribution is 2.30. The number of nitrogens with one attached hydrogen (secondary N) is 3. The number of hydrogen-bond donors (Lipinski definition) is 3. The Morgan fingerprint density at radius 3 is 2.58 bits per heavy atom. The van der Waals surface area contributed by atoms with Crippen molar-refractivity contribution in [1.82, 2.24) is 15.0 Å². The lowest BCUT2D eigenvalue weighted by atomic mass is 10.2. The second-order valence-corrected chi connectivity index (χ2v) is 6.83. The Kier molecular flexibility index (Phi) is 4.77. The van der Waals surface area contributed by atoms with Gasteiger partial charge in [-0.2, -0.15) is 13.2 Å². The number of amides is 1. The molecule has 1 aromatic carbocycles. The number of halogens is 3. The molecular weight excluding hydrogens is 369 g/mol. The number of benzene rings is 1. The van der Waals surface area contributed by atoms with Crippen LogP contribution in [0.15, 0.2) is 46.3 Å². The van der Waals surface area contributed by atoms with E-state index in [1.54, 1.807) is 25.1 Å². The largest absolute Gasteiger partial charge is 0.417 e. The fourth-order valence-corrected chi connectivity index (χ4v) is 2.99. The van der Waals surface area contributed by atoms with Crippen molar-refractivity contribution >= 4 is 34.4 Å². The van der Waals surface area contributed by atoms with Crippen LogP contribution in [0.1, 0.15) is 12.5 Å². The number of aromatic nitrogens is 3. The molecule has 3 aromatic rings. The second kappa shape index (κ2) is 6.87. The molecule has 0 spiro atoms. The average Bonchev–Trinajstić information content (AvgIpc) is 2.93. The molecule has 10 heteroatoms. The molecule has 0 saturated carbocycles. The lowest BCUT2D eigenvalue weighted by Gasteiger charge is -2.12. The number of imidazole rings is 1. The molecule has 0 radical (unpaired) electrons. The summed E-state index contributed by atoms with van der Waals surface area (Å²) < 4.78 is 37.6. The monoisotopic (exact) mass is 382 g/mol. The standard InChI is InChI=1S/C16H13F3N4O2S/c1-8(26-13-5-2-9(7-20-13)16(17,18)19)14(24)21-10-3-4-11-12(6-10)23-15(25)22-11/h2-8H,1H3,(H,21,24)(H2,22,23,25). The first kappa shape index (κ1) is 18.1. The molecule has 0 fully saturated rings. The zero-order chi connectivity index (χ0) is 18.9. The summed E-state index contributed by atoms with van der Waals surface area (Å²) in [6.45, 7) is 1.62. The summed E-state index contributed by atoms with van der Waals surface area (Å²) in [7, 11) is 0. The Labute approximate surface area is 149 Å². The number of fused-ring (bicyclic) bond motifs is 1. The Morgan fingerprint density at radius 2 is 1.92 bits per heavy atom. The quantitative estimate of drug-likeness (QED) is 0.604. The van der Waals surface area contributed by atoms with Crippen molar-refractivity contribution in [1.29, 1.82) is 0 Å². The third-order valence-corrected chi connectivity index (χ3v) is 4.56. The minimum absolute atomic E-state index is 0.311. The van der Waals surface area contributed by atoms with Crippen LogP contribution in [-0.4, -0.2) is 26.1 Å². The van der Waals surface area contributed by atoms with Gasteiger partial charge in [0.1, 0.15) is 0 Å². The molecular formula is C16H13F3N4O2S. The molecule has 26 heavy (non-hydrogen) atoms. The first-order chi connectivity index (χ1) is 12.2. The van der Waals surface area contributed by atoms with Gasteiger partial charge in [0.05, 0.1) is 26.9 Å². The fraction of sp³-hybridized carbons (Fsp3) is 0.188. The molecule has 6 nitrogen and oxygen atoms in total. The van der Waals surface area contributed by atoms with Gasteiger partial charge in [0.25, 0.3) is 0 Å². The summed E-state index contributed by atoms with van der Waals surface area (Å²) in [6, 6.07) is 7.05. The summed E-state index contributed by atoms with van der Waals surface area (Å²) in [6.07, 6.45) is -3.71. The van der Waals surface area contributed by atoms with Gasteiger partial charge in [0, 0.05) is 11.9 Å². The fourth-order valence-electron chi connectivity index (χ4n) is 2.21. The number of aromatic amines is 2. The van der Waals surface area contributed by atoms with Crippen LogP contribution in [0.25, 0.3) is 11.0 Å². The van der Waals surface area contributed by atoms with Crippen molar-refractivity contribution in [2.45, 2.75) is 23.4 Å². The molecule has 0 aliphatic heterocycles. The first-order valence-corrected chi connectivity index (χ1v) is 8.33. The van der Waals surface area contributed by atoms with Crippen molar-refractivity contribution in [3.8, 4) is 0 Å². The first-order valence-electron chi connectivity index (χ1n) is 7.45. The van der Waals surface area contributed by atoms with Crippen molar-refractivity contribution < 1.29 is 18.0 Å². The summed E-state index contributed by atoms with van der Waals surface area (Å²) in [5, 5.41) is 2.42. The van der Waals surface area contributed by atoms with E-state index in [0.29, 0.717) is 21.7 Å². The molecule has 3 rings (SSSR count). The van der Waals surface area contributed by atoms with Gasteiger partial charge in [0.15, 0.2) is 0 Å². The van der Waals surface area contributed by atoms with E-state index in [1.807, 2.05) is 0 Å². The third-order valence-electron chi connectivity index (χ3n) is 3.51. The van der Waals surface area contributed by atoms with E-state index in [4.69, 9.17) is 0 Å². The lowest BCUT2D eigenvalue weighted by Crippen LogP contribution is -2.22. The molecule has 0 saturated heterocycles. The molecule has 2 aromatic heterocycles. The van der Waals surface area contributed by atoms with E-state index in [0.717, 1.165) is 24.0 Å². The molecule has 1 unspecified atom stereocenters. The number of anilines is 1. The number of nitrogens with zero attached hydrogens (tertiary/aromatic N) is 1. The lowest BCUT2D eigenvalue weighted by molar-refractivity contribution is -0.137. The van der Waals surface area contributed by atoms with Crippen molar-refractivity contribution in [3.63, 3.8) is 0 Å². The topological polar surface area (TPSA) is 90.6 Å². The van der Waals surface area contributed by atoms with Crippen molar-refractivity contribution in [2.75, 3.05) is 5.32 Å². The summed E-state index contributed by atoms with van der Waals surface area (Å²) in [5.41, 5.74) is 0.473. The second-order valence-electron chi connectivity index (χ2n) is 5.47. The minimum atomic E-state index is -4.45. The molecule has 0 aliphatic carbocycles. The molecule has 136 valence electrons. The number of carbonyl (C=O) groups is 1. The van der Waals surface area contributed by atoms with Crippen molar-refractivity contribution in [2.24, 2.45) is 0 Å². The van der Waals surface area contributed by atoms with Crippen LogP contribution in [0, 0.1) is 0 Å². The van der Waals surface area contributed by atoms with Gasteiger partial charge in [-0.25, -0.2) is 9.78 Å². The highest BCUT2D eigenvalue weighted by molar-refractivity contribution is 8.00. The van der Waals surface area contributed by atoms with Crippen LogP contribution < -0.4 is 11.0 Å². The Hall–Kier alpha value is -2.75. The number of thioether (sulfide) groups is 1. The van der Waals surface area contributed by atoms with Gasteiger partial charge in [-0.15, -0.1) is 0 Å². The highest BCUT2D eigenvalue weighted by Gasteiger charge is 2.30.